The van der Waals surface area contributed by atoms with Gasteiger partial charge in [0.15, 0.2) is 0 Å². The van der Waals surface area contributed by atoms with Crippen LogP contribution < -0.4 is 0 Å². The number of thiophene rings is 1. The third-order valence-corrected chi connectivity index (χ3v) is 6.12. The Morgan fingerprint density at radius 2 is 2.13 bits per heavy atom. The highest BCUT2D eigenvalue weighted by Crippen LogP contribution is 2.33. The molecule has 3 rings (SSSR count). The van der Waals surface area contributed by atoms with E-state index in [2.05, 4.69) is 0 Å². The van der Waals surface area contributed by atoms with E-state index in [1.54, 1.807) is 16.2 Å². The van der Waals surface area contributed by atoms with E-state index in [4.69, 9.17) is 12.2 Å². The van der Waals surface area contributed by atoms with Crippen molar-refractivity contribution < 1.29 is 9.59 Å². The standard InChI is InChI=1S/C16H18N2O2S3/c19-14(17-7-1-2-8-17)6-3-9-18-15(20)13(23-16(18)21)11-12-5-4-10-22-12/h4-5,10-11H,1-3,6-9H2/b13-11-. The minimum absolute atomic E-state index is 0.0398. The van der Waals surface area contributed by atoms with Crippen LogP contribution in [-0.4, -0.2) is 45.6 Å². The van der Waals surface area contributed by atoms with Crippen LogP contribution in [0.4, 0.5) is 0 Å². The van der Waals surface area contributed by atoms with Crippen molar-refractivity contribution in [2.45, 2.75) is 25.7 Å². The van der Waals surface area contributed by atoms with Crippen molar-refractivity contribution >= 4 is 57.5 Å². The van der Waals surface area contributed by atoms with Gasteiger partial charge >= 0.3 is 0 Å². The predicted octanol–water partition coefficient (Wildman–Crippen LogP) is 3.35. The van der Waals surface area contributed by atoms with Crippen LogP contribution >= 0.6 is 35.3 Å². The number of hydrogen-bond donors (Lipinski definition) is 0. The topological polar surface area (TPSA) is 40.6 Å². The molecule has 23 heavy (non-hydrogen) atoms. The maximum Gasteiger partial charge on any atom is 0.266 e. The zero-order valence-electron chi connectivity index (χ0n) is 12.7. The van der Waals surface area contributed by atoms with Crippen molar-refractivity contribution in [2.24, 2.45) is 0 Å². The monoisotopic (exact) mass is 366 g/mol. The fraction of sp³-hybridized carbons (Fsp3) is 0.438. The molecule has 2 amide bonds. The Kier molecular flexibility index (Phi) is 5.50. The summed E-state index contributed by atoms with van der Waals surface area (Å²) in [7, 11) is 0. The van der Waals surface area contributed by atoms with Gasteiger partial charge in [-0.15, -0.1) is 11.3 Å². The second kappa shape index (κ2) is 7.59. The SMILES string of the molecule is O=C(CCCN1C(=O)/C(=C/c2cccs2)SC1=S)N1CCCC1. The quantitative estimate of drug-likeness (QED) is 0.592. The average molecular weight is 367 g/mol. The molecule has 0 spiro atoms. The molecular formula is C16H18N2O2S3. The first-order chi connectivity index (χ1) is 11.1. The fourth-order valence-electron chi connectivity index (χ4n) is 2.71. The molecule has 0 unspecified atom stereocenters. The molecule has 0 aromatic carbocycles. The van der Waals surface area contributed by atoms with Crippen molar-refractivity contribution in [3.05, 3.63) is 27.3 Å². The van der Waals surface area contributed by atoms with Gasteiger partial charge in [0.05, 0.1) is 4.91 Å². The maximum atomic E-state index is 12.4. The zero-order valence-corrected chi connectivity index (χ0v) is 15.1. The fourth-order valence-corrected chi connectivity index (χ4v) is 4.74. The first-order valence-electron chi connectivity index (χ1n) is 7.72. The van der Waals surface area contributed by atoms with Gasteiger partial charge in [-0.2, -0.15) is 0 Å². The van der Waals surface area contributed by atoms with Crippen molar-refractivity contribution in [1.82, 2.24) is 9.80 Å². The highest BCUT2D eigenvalue weighted by molar-refractivity contribution is 8.26. The third kappa shape index (κ3) is 4.02. The lowest BCUT2D eigenvalue weighted by atomic mass is 10.2. The van der Waals surface area contributed by atoms with Crippen LogP contribution in [0.25, 0.3) is 6.08 Å². The van der Waals surface area contributed by atoms with Gasteiger partial charge in [-0.3, -0.25) is 14.5 Å². The highest BCUT2D eigenvalue weighted by Gasteiger charge is 2.31. The van der Waals surface area contributed by atoms with E-state index in [9.17, 15) is 9.59 Å². The van der Waals surface area contributed by atoms with Crippen LogP contribution in [0.15, 0.2) is 22.4 Å². The molecule has 122 valence electrons. The number of thioether (sulfide) groups is 1. The normalized spacial score (nSPS) is 20.1. The lowest BCUT2D eigenvalue weighted by molar-refractivity contribution is -0.130. The molecule has 0 N–H and O–H groups in total. The van der Waals surface area contributed by atoms with E-state index in [0.29, 0.717) is 28.6 Å². The number of hydrogen-bond acceptors (Lipinski definition) is 5. The van der Waals surface area contributed by atoms with E-state index in [0.717, 1.165) is 30.8 Å². The molecule has 1 aromatic heterocycles. The first-order valence-corrected chi connectivity index (χ1v) is 9.82. The molecule has 4 nitrogen and oxygen atoms in total. The minimum Gasteiger partial charge on any atom is -0.343 e. The van der Waals surface area contributed by atoms with Crippen LogP contribution in [0.3, 0.4) is 0 Å². The van der Waals surface area contributed by atoms with Gasteiger partial charge in [-0.25, -0.2) is 0 Å². The second-order valence-electron chi connectivity index (χ2n) is 5.54. The average Bonchev–Trinajstić information content (AvgIpc) is 3.26. The van der Waals surface area contributed by atoms with Crippen LogP contribution in [0.5, 0.6) is 0 Å². The van der Waals surface area contributed by atoms with Gasteiger partial charge in [-0.1, -0.05) is 30.0 Å². The molecule has 0 aliphatic carbocycles. The van der Waals surface area contributed by atoms with Gasteiger partial charge in [0.1, 0.15) is 4.32 Å². The second-order valence-corrected chi connectivity index (χ2v) is 8.20. The molecule has 2 fully saturated rings. The molecule has 0 saturated carbocycles. The Balaban J connectivity index is 1.53. The summed E-state index contributed by atoms with van der Waals surface area (Å²) in [5, 5.41) is 1.98. The molecule has 3 heterocycles. The van der Waals surface area contributed by atoms with Crippen LogP contribution in [0.1, 0.15) is 30.6 Å². The summed E-state index contributed by atoms with van der Waals surface area (Å²) < 4.78 is 0.589. The van der Waals surface area contributed by atoms with E-state index in [1.807, 2.05) is 28.5 Å². The largest absolute Gasteiger partial charge is 0.343 e. The Bertz CT molecular complexity index is 634. The van der Waals surface area contributed by atoms with Crippen LogP contribution in [0.2, 0.25) is 0 Å². The predicted molar refractivity (Wildman–Crippen MR) is 99.2 cm³/mol. The Labute approximate surface area is 149 Å². The zero-order chi connectivity index (χ0) is 16.2. The number of rotatable bonds is 5. The van der Waals surface area contributed by atoms with Gasteiger partial charge in [0.2, 0.25) is 5.91 Å². The lowest BCUT2D eigenvalue weighted by Gasteiger charge is -2.17. The highest BCUT2D eigenvalue weighted by atomic mass is 32.2. The van der Waals surface area contributed by atoms with E-state index >= 15 is 0 Å². The van der Waals surface area contributed by atoms with E-state index in [1.165, 1.54) is 11.8 Å². The van der Waals surface area contributed by atoms with E-state index in [-0.39, 0.29) is 11.8 Å². The van der Waals surface area contributed by atoms with Crippen LogP contribution in [-0.2, 0) is 9.59 Å². The molecule has 0 bridgehead atoms. The number of nitrogens with zero attached hydrogens (tertiary/aromatic N) is 2. The van der Waals surface area contributed by atoms with Gasteiger partial charge in [0, 0.05) is 30.9 Å². The molecular weight excluding hydrogens is 348 g/mol. The van der Waals surface area contributed by atoms with Gasteiger partial charge < -0.3 is 4.90 Å². The van der Waals surface area contributed by atoms with Gasteiger partial charge in [-0.05, 0) is 36.8 Å². The van der Waals surface area contributed by atoms with Crippen LogP contribution in [0, 0.1) is 0 Å². The van der Waals surface area contributed by atoms with Crippen molar-refractivity contribution in [2.75, 3.05) is 19.6 Å². The molecule has 0 atom stereocenters. The number of amides is 2. The smallest absolute Gasteiger partial charge is 0.266 e. The number of thiocarbonyl (C=S) groups is 1. The molecule has 0 radical (unpaired) electrons. The molecule has 7 heteroatoms. The van der Waals surface area contributed by atoms with Crippen molar-refractivity contribution in [3.63, 3.8) is 0 Å². The molecule has 2 saturated heterocycles. The maximum absolute atomic E-state index is 12.4. The summed E-state index contributed by atoms with van der Waals surface area (Å²) >= 11 is 8.25. The first kappa shape index (κ1) is 16.7. The molecule has 2 aliphatic heterocycles. The summed E-state index contributed by atoms with van der Waals surface area (Å²) in [6, 6.07) is 3.94. The molecule has 1 aromatic rings. The minimum atomic E-state index is -0.0398. The summed E-state index contributed by atoms with van der Waals surface area (Å²) in [5.74, 6) is 0.157. The summed E-state index contributed by atoms with van der Waals surface area (Å²) in [6.07, 6.45) is 5.25. The number of likely N-dealkylation sites (tertiary alicyclic amines) is 1. The summed E-state index contributed by atoms with van der Waals surface area (Å²) in [4.78, 5) is 29.7. The number of carbonyl (C=O) groups is 2. The summed E-state index contributed by atoms with van der Waals surface area (Å²) in [5.41, 5.74) is 0. The Morgan fingerprint density at radius 3 is 2.83 bits per heavy atom. The Hall–Kier alpha value is -1.18. The molecule has 2 aliphatic rings. The van der Waals surface area contributed by atoms with E-state index < -0.39 is 0 Å². The van der Waals surface area contributed by atoms with Gasteiger partial charge in [0.25, 0.3) is 5.91 Å². The Morgan fingerprint density at radius 1 is 1.35 bits per heavy atom. The lowest BCUT2D eigenvalue weighted by Crippen LogP contribution is -2.31. The summed E-state index contributed by atoms with van der Waals surface area (Å²) in [6.45, 7) is 2.28. The van der Waals surface area contributed by atoms with Crippen molar-refractivity contribution in [3.8, 4) is 0 Å². The number of carbonyl (C=O) groups excluding carboxylic acids is 2. The van der Waals surface area contributed by atoms with Crippen molar-refractivity contribution in [1.29, 1.82) is 0 Å². The third-order valence-electron chi connectivity index (χ3n) is 3.92.